The highest BCUT2D eigenvalue weighted by Gasteiger charge is 2.04. The number of nitrogens with zero attached hydrogens (tertiary/aromatic N) is 3. The molecule has 0 saturated heterocycles. The van der Waals surface area contributed by atoms with E-state index in [0.29, 0.717) is 23.3 Å². The van der Waals surface area contributed by atoms with E-state index in [0.717, 1.165) is 23.2 Å². The van der Waals surface area contributed by atoms with Gasteiger partial charge in [0.15, 0.2) is 5.82 Å². The van der Waals surface area contributed by atoms with Crippen LogP contribution in [-0.4, -0.2) is 21.7 Å². The predicted molar refractivity (Wildman–Crippen MR) is 97.9 cm³/mol. The normalized spacial score (nSPS) is 10.5. The molecule has 2 N–H and O–H groups in total. The summed E-state index contributed by atoms with van der Waals surface area (Å²) >= 11 is 5.96. The summed E-state index contributed by atoms with van der Waals surface area (Å²) < 4.78 is 12.9. The van der Waals surface area contributed by atoms with Crippen LogP contribution in [0.1, 0.15) is 11.1 Å². The van der Waals surface area contributed by atoms with Crippen molar-refractivity contribution in [3.8, 4) is 0 Å². The maximum absolute atomic E-state index is 12.9. The molecule has 1 aromatic heterocycles. The molecule has 0 unspecified atom stereocenters. The number of rotatable bonds is 6. The lowest BCUT2D eigenvalue weighted by molar-refractivity contribution is 0.627. The van der Waals surface area contributed by atoms with Crippen molar-refractivity contribution in [1.29, 1.82) is 0 Å². The standard InChI is InChI=1S/C18H17ClFN5/c1-12-10-14(19)4-7-16(12)23-17-11-22-25-18(24-17)21-9-8-13-2-5-15(20)6-3-13/h2-7,10-11H,8-9H2,1H3,(H2,21,23,24,25). The molecule has 0 aliphatic heterocycles. The Bertz CT molecular complexity index is 854. The zero-order valence-electron chi connectivity index (χ0n) is 13.6. The zero-order chi connectivity index (χ0) is 17.6. The number of aryl methyl sites for hydroxylation is 1. The van der Waals surface area contributed by atoms with Crippen LogP contribution < -0.4 is 10.6 Å². The van der Waals surface area contributed by atoms with Crippen molar-refractivity contribution in [2.24, 2.45) is 0 Å². The first-order valence-electron chi connectivity index (χ1n) is 7.81. The number of hydrogen-bond donors (Lipinski definition) is 2. The van der Waals surface area contributed by atoms with Gasteiger partial charge in [-0.3, -0.25) is 0 Å². The van der Waals surface area contributed by atoms with Crippen LogP contribution in [0.4, 0.5) is 21.8 Å². The molecule has 0 atom stereocenters. The average molecular weight is 358 g/mol. The summed E-state index contributed by atoms with van der Waals surface area (Å²) in [6, 6.07) is 12.0. The number of benzene rings is 2. The molecule has 1 heterocycles. The van der Waals surface area contributed by atoms with Crippen LogP contribution in [0.15, 0.2) is 48.7 Å². The third kappa shape index (κ3) is 4.87. The zero-order valence-corrected chi connectivity index (χ0v) is 14.4. The van der Waals surface area contributed by atoms with Gasteiger partial charge in [0.1, 0.15) is 5.82 Å². The molecule has 25 heavy (non-hydrogen) atoms. The van der Waals surface area contributed by atoms with E-state index in [-0.39, 0.29) is 5.82 Å². The highest BCUT2D eigenvalue weighted by atomic mass is 35.5. The van der Waals surface area contributed by atoms with E-state index in [1.54, 1.807) is 18.3 Å². The average Bonchev–Trinajstić information content (AvgIpc) is 2.60. The summed E-state index contributed by atoms with van der Waals surface area (Å²) in [5.41, 5.74) is 2.95. The molecule has 0 spiro atoms. The number of hydrogen-bond acceptors (Lipinski definition) is 5. The van der Waals surface area contributed by atoms with Crippen LogP contribution in [0.2, 0.25) is 5.02 Å². The number of aromatic nitrogens is 3. The minimum atomic E-state index is -0.236. The van der Waals surface area contributed by atoms with Crippen molar-refractivity contribution >= 4 is 29.1 Å². The summed E-state index contributed by atoms with van der Waals surface area (Å²) in [4.78, 5) is 4.39. The van der Waals surface area contributed by atoms with Crippen LogP contribution in [0.25, 0.3) is 0 Å². The summed E-state index contributed by atoms with van der Waals surface area (Å²) in [5.74, 6) is 0.781. The molecule has 3 rings (SSSR count). The van der Waals surface area contributed by atoms with Crippen molar-refractivity contribution < 1.29 is 4.39 Å². The maximum atomic E-state index is 12.9. The van der Waals surface area contributed by atoms with Gasteiger partial charge in [-0.1, -0.05) is 23.7 Å². The molecule has 128 valence electrons. The van der Waals surface area contributed by atoms with E-state index >= 15 is 0 Å². The van der Waals surface area contributed by atoms with Crippen molar-refractivity contribution in [1.82, 2.24) is 15.2 Å². The fraction of sp³-hybridized carbons (Fsp3) is 0.167. The predicted octanol–water partition coefficient (Wildman–Crippen LogP) is 4.37. The Labute approximate surface area is 150 Å². The molecule has 0 fully saturated rings. The molecule has 0 bridgehead atoms. The second-order valence-corrected chi connectivity index (χ2v) is 5.99. The lowest BCUT2D eigenvalue weighted by Crippen LogP contribution is -2.09. The smallest absolute Gasteiger partial charge is 0.244 e. The van der Waals surface area contributed by atoms with Gasteiger partial charge >= 0.3 is 0 Å². The third-order valence-corrected chi connectivity index (χ3v) is 3.86. The summed E-state index contributed by atoms with van der Waals surface area (Å²) in [7, 11) is 0. The Balaban J connectivity index is 1.60. The van der Waals surface area contributed by atoms with E-state index in [9.17, 15) is 4.39 Å². The Morgan fingerprint density at radius 3 is 2.68 bits per heavy atom. The monoisotopic (exact) mass is 357 g/mol. The lowest BCUT2D eigenvalue weighted by atomic mass is 10.1. The molecule has 3 aromatic rings. The van der Waals surface area contributed by atoms with Crippen LogP contribution in [0.5, 0.6) is 0 Å². The molecule has 5 nitrogen and oxygen atoms in total. The molecule has 7 heteroatoms. The van der Waals surface area contributed by atoms with E-state index in [2.05, 4.69) is 25.8 Å². The van der Waals surface area contributed by atoms with Gasteiger partial charge in [-0.05, 0) is 54.8 Å². The van der Waals surface area contributed by atoms with E-state index < -0.39 is 0 Å². The van der Waals surface area contributed by atoms with Crippen molar-refractivity contribution in [3.05, 3.63) is 70.6 Å². The molecule has 0 saturated carbocycles. The van der Waals surface area contributed by atoms with Crippen molar-refractivity contribution in [2.45, 2.75) is 13.3 Å². The van der Waals surface area contributed by atoms with Crippen molar-refractivity contribution in [2.75, 3.05) is 17.2 Å². The first-order chi connectivity index (χ1) is 12.1. The van der Waals surface area contributed by atoms with Gasteiger partial charge in [-0.2, -0.15) is 10.1 Å². The Hall–Kier alpha value is -2.73. The Morgan fingerprint density at radius 2 is 1.92 bits per heavy atom. The van der Waals surface area contributed by atoms with E-state index in [1.807, 2.05) is 25.1 Å². The fourth-order valence-corrected chi connectivity index (χ4v) is 2.54. The SMILES string of the molecule is Cc1cc(Cl)ccc1Nc1cnnc(NCCc2ccc(F)cc2)n1. The summed E-state index contributed by atoms with van der Waals surface area (Å²) in [6.07, 6.45) is 2.29. The summed E-state index contributed by atoms with van der Waals surface area (Å²) in [5, 5.41) is 14.9. The van der Waals surface area contributed by atoms with Gasteiger partial charge in [-0.25, -0.2) is 4.39 Å². The second-order valence-electron chi connectivity index (χ2n) is 5.55. The lowest BCUT2D eigenvalue weighted by Gasteiger charge is -2.10. The Kier molecular flexibility index (Phi) is 5.40. The number of anilines is 3. The molecular weight excluding hydrogens is 341 g/mol. The number of halogens is 2. The number of nitrogens with one attached hydrogen (secondary N) is 2. The fourth-order valence-electron chi connectivity index (χ4n) is 2.31. The highest BCUT2D eigenvalue weighted by molar-refractivity contribution is 6.30. The minimum Gasteiger partial charge on any atom is -0.353 e. The highest BCUT2D eigenvalue weighted by Crippen LogP contribution is 2.22. The molecule has 2 aromatic carbocycles. The Morgan fingerprint density at radius 1 is 1.12 bits per heavy atom. The molecule has 0 aliphatic carbocycles. The first kappa shape index (κ1) is 17.1. The van der Waals surface area contributed by atoms with Crippen LogP contribution in [-0.2, 0) is 6.42 Å². The van der Waals surface area contributed by atoms with E-state index in [1.165, 1.54) is 12.1 Å². The van der Waals surface area contributed by atoms with Crippen LogP contribution in [0.3, 0.4) is 0 Å². The molecular formula is C18H17ClFN5. The maximum Gasteiger partial charge on any atom is 0.244 e. The molecule has 0 amide bonds. The second kappa shape index (κ2) is 7.90. The minimum absolute atomic E-state index is 0.236. The van der Waals surface area contributed by atoms with Gasteiger partial charge in [0.25, 0.3) is 0 Å². The van der Waals surface area contributed by atoms with Crippen molar-refractivity contribution in [3.63, 3.8) is 0 Å². The van der Waals surface area contributed by atoms with Gasteiger partial charge in [0.05, 0.1) is 6.20 Å². The molecule has 0 radical (unpaired) electrons. The third-order valence-electron chi connectivity index (χ3n) is 3.62. The van der Waals surface area contributed by atoms with Gasteiger partial charge in [0, 0.05) is 17.3 Å². The van der Waals surface area contributed by atoms with Gasteiger partial charge in [0.2, 0.25) is 5.95 Å². The molecule has 0 aliphatic rings. The first-order valence-corrected chi connectivity index (χ1v) is 8.19. The van der Waals surface area contributed by atoms with E-state index in [4.69, 9.17) is 11.6 Å². The quantitative estimate of drug-likeness (QED) is 0.685. The summed E-state index contributed by atoms with van der Waals surface area (Å²) in [6.45, 7) is 2.58. The largest absolute Gasteiger partial charge is 0.353 e. The van der Waals surface area contributed by atoms with Crippen LogP contribution >= 0.6 is 11.6 Å². The van der Waals surface area contributed by atoms with Gasteiger partial charge in [-0.15, -0.1) is 5.10 Å². The van der Waals surface area contributed by atoms with Crippen LogP contribution in [0, 0.1) is 12.7 Å². The van der Waals surface area contributed by atoms with Gasteiger partial charge < -0.3 is 10.6 Å². The topological polar surface area (TPSA) is 62.7 Å².